The molecule has 122 valence electrons. The van der Waals surface area contributed by atoms with Crippen LogP contribution >= 0.6 is 23.4 Å². The topological polar surface area (TPSA) is 84.6 Å². The molecule has 1 aliphatic heterocycles. The average Bonchev–Trinajstić information content (AvgIpc) is 2.89. The molecule has 8 heteroatoms. The summed E-state index contributed by atoms with van der Waals surface area (Å²) in [6.45, 7) is 0. The highest BCUT2D eigenvalue weighted by atomic mass is 35.5. The van der Waals surface area contributed by atoms with E-state index < -0.39 is 4.92 Å². The number of amidine groups is 1. The summed E-state index contributed by atoms with van der Waals surface area (Å²) in [5, 5.41) is 14.3. The number of aliphatic imine (C=N–C) groups is 1. The summed E-state index contributed by atoms with van der Waals surface area (Å²) in [6.07, 6.45) is 0.480. The average molecular weight is 362 g/mol. The van der Waals surface area contributed by atoms with Gasteiger partial charge in [0.1, 0.15) is 0 Å². The molecule has 1 saturated heterocycles. The Balaban J connectivity index is 1.68. The molecule has 0 spiro atoms. The number of nitro groups is 1. The molecule has 6 nitrogen and oxygen atoms in total. The summed E-state index contributed by atoms with van der Waals surface area (Å²) in [5.41, 5.74) is 1.60. The van der Waals surface area contributed by atoms with Gasteiger partial charge in [-0.15, -0.1) is 0 Å². The Morgan fingerprint density at radius 1 is 1.17 bits per heavy atom. The highest BCUT2D eigenvalue weighted by molar-refractivity contribution is 8.15. The SMILES string of the molecule is O=C1NC(=Nc2ccc(Cl)cc2)SC1Cc1ccc([N+](=O)[O-])cc1. The number of hydrogen-bond donors (Lipinski definition) is 1. The second-order valence-corrected chi connectivity index (χ2v) is 6.74. The van der Waals surface area contributed by atoms with E-state index in [9.17, 15) is 14.9 Å². The van der Waals surface area contributed by atoms with Crippen molar-refractivity contribution < 1.29 is 9.72 Å². The van der Waals surface area contributed by atoms with E-state index in [1.54, 1.807) is 36.4 Å². The van der Waals surface area contributed by atoms with Gasteiger partial charge in [-0.05, 0) is 36.2 Å². The third kappa shape index (κ3) is 3.93. The number of halogens is 1. The molecule has 3 rings (SSSR count). The van der Waals surface area contributed by atoms with Gasteiger partial charge in [0.05, 0.1) is 15.9 Å². The normalized spacial score (nSPS) is 18.6. The fourth-order valence-corrected chi connectivity index (χ4v) is 3.35. The smallest absolute Gasteiger partial charge is 0.269 e. The standard InChI is InChI=1S/C16H12ClN3O3S/c17-11-3-5-12(6-4-11)18-16-19-15(21)14(24-16)9-10-1-7-13(8-2-10)20(22)23/h1-8,14H,9H2,(H,18,19,21). The van der Waals surface area contributed by atoms with Crippen LogP contribution in [0.1, 0.15) is 5.56 Å². The summed E-state index contributed by atoms with van der Waals surface area (Å²) >= 11 is 7.18. The molecule has 1 N–H and O–H groups in total. The van der Waals surface area contributed by atoms with Crippen LogP contribution in [0.3, 0.4) is 0 Å². The molecule has 24 heavy (non-hydrogen) atoms. The van der Waals surface area contributed by atoms with Crippen molar-refractivity contribution in [2.75, 3.05) is 0 Å². The largest absolute Gasteiger partial charge is 0.304 e. The van der Waals surface area contributed by atoms with Crippen molar-refractivity contribution in [2.24, 2.45) is 4.99 Å². The predicted molar refractivity (Wildman–Crippen MR) is 94.9 cm³/mol. The lowest BCUT2D eigenvalue weighted by Crippen LogP contribution is -2.25. The van der Waals surface area contributed by atoms with Crippen LogP contribution < -0.4 is 5.32 Å². The van der Waals surface area contributed by atoms with Crippen molar-refractivity contribution in [3.8, 4) is 0 Å². The van der Waals surface area contributed by atoms with Gasteiger partial charge in [0, 0.05) is 17.2 Å². The zero-order valence-corrected chi connectivity index (χ0v) is 13.9. The van der Waals surface area contributed by atoms with Gasteiger partial charge >= 0.3 is 0 Å². The first-order valence-electron chi connectivity index (χ1n) is 7.06. The number of carbonyl (C=O) groups is 1. The van der Waals surface area contributed by atoms with Crippen molar-refractivity contribution >= 4 is 45.8 Å². The lowest BCUT2D eigenvalue weighted by atomic mass is 10.1. The predicted octanol–water partition coefficient (Wildman–Crippen LogP) is 3.71. The molecule has 2 aromatic rings. The molecule has 1 amide bonds. The number of amides is 1. The zero-order valence-electron chi connectivity index (χ0n) is 12.3. The number of nitrogens with zero attached hydrogens (tertiary/aromatic N) is 2. The van der Waals surface area contributed by atoms with E-state index in [1.807, 2.05) is 0 Å². The maximum absolute atomic E-state index is 12.1. The van der Waals surface area contributed by atoms with Crippen LogP contribution in [0.2, 0.25) is 5.02 Å². The second kappa shape index (κ2) is 7.02. The van der Waals surface area contributed by atoms with Crippen molar-refractivity contribution in [1.82, 2.24) is 5.32 Å². The minimum atomic E-state index is -0.447. The molecule has 1 fully saturated rings. The summed E-state index contributed by atoms with van der Waals surface area (Å²) in [4.78, 5) is 26.7. The number of thioether (sulfide) groups is 1. The van der Waals surface area contributed by atoms with Crippen LogP contribution in [0.15, 0.2) is 53.5 Å². The van der Waals surface area contributed by atoms with Gasteiger partial charge in [0.25, 0.3) is 5.69 Å². The molecular formula is C16H12ClN3O3S. The molecule has 1 aliphatic rings. The number of benzene rings is 2. The Morgan fingerprint density at radius 3 is 2.46 bits per heavy atom. The molecule has 0 aliphatic carbocycles. The fraction of sp³-hybridized carbons (Fsp3) is 0.125. The monoisotopic (exact) mass is 361 g/mol. The van der Waals surface area contributed by atoms with Crippen LogP contribution in [-0.2, 0) is 11.2 Å². The molecule has 1 heterocycles. The van der Waals surface area contributed by atoms with Crippen molar-refractivity contribution in [3.05, 3.63) is 69.2 Å². The number of nitro benzene ring substituents is 1. The first-order chi connectivity index (χ1) is 11.5. The molecule has 1 unspecified atom stereocenters. The minimum Gasteiger partial charge on any atom is -0.304 e. The minimum absolute atomic E-state index is 0.0345. The van der Waals surface area contributed by atoms with Crippen molar-refractivity contribution in [1.29, 1.82) is 0 Å². The van der Waals surface area contributed by atoms with Crippen molar-refractivity contribution in [3.63, 3.8) is 0 Å². The van der Waals surface area contributed by atoms with Gasteiger partial charge in [0.2, 0.25) is 5.91 Å². The van der Waals surface area contributed by atoms with E-state index in [1.165, 1.54) is 23.9 Å². The van der Waals surface area contributed by atoms with Gasteiger partial charge in [-0.25, -0.2) is 4.99 Å². The van der Waals surface area contributed by atoms with E-state index >= 15 is 0 Å². The number of non-ortho nitro benzene ring substituents is 1. The molecule has 2 aromatic carbocycles. The molecule has 0 aromatic heterocycles. The highest BCUT2D eigenvalue weighted by Crippen LogP contribution is 2.26. The molecular weight excluding hydrogens is 350 g/mol. The number of rotatable bonds is 4. The fourth-order valence-electron chi connectivity index (χ4n) is 2.19. The Labute approximate surface area is 147 Å². The highest BCUT2D eigenvalue weighted by Gasteiger charge is 2.30. The molecule has 1 atom stereocenters. The number of carbonyl (C=O) groups excluding carboxylic acids is 1. The molecule has 0 bridgehead atoms. The van der Waals surface area contributed by atoms with Crippen LogP contribution in [0, 0.1) is 10.1 Å². The third-order valence-corrected chi connectivity index (χ3v) is 4.74. The summed E-state index contributed by atoms with van der Waals surface area (Å²) < 4.78 is 0. The van der Waals surface area contributed by atoms with Crippen LogP contribution in [0.4, 0.5) is 11.4 Å². The van der Waals surface area contributed by atoms with Gasteiger partial charge in [-0.3, -0.25) is 14.9 Å². The lowest BCUT2D eigenvalue weighted by molar-refractivity contribution is -0.384. The van der Waals surface area contributed by atoms with E-state index in [2.05, 4.69) is 10.3 Å². The molecule has 0 radical (unpaired) electrons. The number of hydrogen-bond acceptors (Lipinski definition) is 5. The molecule has 0 saturated carbocycles. The number of nitrogens with one attached hydrogen (secondary N) is 1. The van der Waals surface area contributed by atoms with Crippen LogP contribution in [-0.4, -0.2) is 21.2 Å². The lowest BCUT2D eigenvalue weighted by Gasteiger charge is -2.04. The van der Waals surface area contributed by atoms with Gasteiger partial charge in [-0.2, -0.15) is 0 Å². The van der Waals surface area contributed by atoms with Gasteiger partial charge < -0.3 is 5.32 Å². The van der Waals surface area contributed by atoms with Gasteiger partial charge in [0.15, 0.2) is 5.17 Å². The Kier molecular flexibility index (Phi) is 4.82. The van der Waals surface area contributed by atoms with E-state index in [0.29, 0.717) is 22.3 Å². The third-order valence-electron chi connectivity index (χ3n) is 3.40. The van der Waals surface area contributed by atoms with E-state index in [4.69, 9.17) is 11.6 Å². The van der Waals surface area contributed by atoms with E-state index in [-0.39, 0.29) is 16.8 Å². The maximum atomic E-state index is 12.1. The van der Waals surface area contributed by atoms with Crippen molar-refractivity contribution in [2.45, 2.75) is 11.7 Å². The van der Waals surface area contributed by atoms with Gasteiger partial charge in [-0.1, -0.05) is 35.5 Å². The zero-order chi connectivity index (χ0) is 17.1. The first kappa shape index (κ1) is 16.5. The Bertz CT molecular complexity index is 806. The quantitative estimate of drug-likeness (QED) is 0.664. The summed E-state index contributed by atoms with van der Waals surface area (Å²) in [7, 11) is 0. The second-order valence-electron chi connectivity index (χ2n) is 5.12. The maximum Gasteiger partial charge on any atom is 0.269 e. The Hall–Kier alpha value is -2.38. The first-order valence-corrected chi connectivity index (χ1v) is 8.32. The van der Waals surface area contributed by atoms with Crippen LogP contribution in [0.5, 0.6) is 0 Å². The summed E-state index contributed by atoms with van der Waals surface area (Å²) in [5.74, 6) is -0.119. The summed E-state index contributed by atoms with van der Waals surface area (Å²) in [6, 6.07) is 13.2. The van der Waals surface area contributed by atoms with Crippen LogP contribution in [0.25, 0.3) is 0 Å². The van der Waals surface area contributed by atoms with E-state index in [0.717, 1.165) is 5.56 Å². The Morgan fingerprint density at radius 2 is 1.83 bits per heavy atom.